The van der Waals surface area contributed by atoms with Gasteiger partial charge in [-0.05, 0) is 46.5 Å². The Labute approximate surface area is 150 Å². The number of rotatable bonds is 6. The van der Waals surface area contributed by atoms with Crippen LogP contribution in [0.3, 0.4) is 0 Å². The Morgan fingerprint density at radius 1 is 1.00 bits per heavy atom. The molecular weight excluding hydrogens is 333 g/mol. The summed E-state index contributed by atoms with van der Waals surface area (Å²) in [7, 11) is 0. The van der Waals surface area contributed by atoms with Gasteiger partial charge in [0.25, 0.3) is 0 Å². The maximum atomic E-state index is 13.6. The smallest absolute Gasteiger partial charge is 0.235 e. The first-order valence-corrected chi connectivity index (χ1v) is 8.00. The summed E-state index contributed by atoms with van der Waals surface area (Å²) in [5, 5.41) is 10.6. The van der Waals surface area contributed by atoms with Crippen molar-refractivity contribution in [2.45, 2.75) is 6.61 Å². The van der Waals surface area contributed by atoms with Gasteiger partial charge in [0, 0.05) is 6.08 Å². The van der Waals surface area contributed by atoms with E-state index in [4.69, 9.17) is 4.74 Å². The van der Waals surface area contributed by atoms with Gasteiger partial charge in [0.15, 0.2) is 0 Å². The molecule has 0 unspecified atom stereocenters. The van der Waals surface area contributed by atoms with Gasteiger partial charge in [0.05, 0.1) is 4.92 Å². The van der Waals surface area contributed by atoms with Crippen molar-refractivity contribution in [3.05, 3.63) is 106 Å². The summed E-state index contributed by atoms with van der Waals surface area (Å²) in [6.07, 6.45) is 2.25. The Morgan fingerprint density at radius 2 is 1.81 bits per heavy atom. The van der Waals surface area contributed by atoms with Gasteiger partial charge in [0.2, 0.25) is 6.20 Å². The van der Waals surface area contributed by atoms with E-state index in [1.165, 1.54) is 18.2 Å². The topological polar surface area (TPSA) is 52.4 Å². The highest BCUT2D eigenvalue weighted by atomic mass is 19.1. The third-order valence-corrected chi connectivity index (χ3v) is 3.78. The molecular formula is C21H16FNO3. The molecule has 3 aromatic rings. The molecule has 0 aromatic heterocycles. The first-order chi connectivity index (χ1) is 12.6. The van der Waals surface area contributed by atoms with Crippen molar-refractivity contribution >= 4 is 6.08 Å². The van der Waals surface area contributed by atoms with Crippen LogP contribution in [0.15, 0.2) is 79.0 Å². The number of benzene rings is 3. The minimum absolute atomic E-state index is 0.373. The summed E-state index contributed by atoms with van der Waals surface area (Å²) in [6.45, 7) is 0.396. The number of ether oxygens (including phenoxy) is 1. The van der Waals surface area contributed by atoms with E-state index in [0.717, 1.165) is 11.8 Å². The predicted molar refractivity (Wildman–Crippen MR) is 98.6 cm³/mol. The molecule has 0 bridgehead atoms. The molecule has 0 heterocycles. The average Bonchev–Trinajstić information content (AvgIpc) is 2.66. The zero-order valence-corrected chi connectivity index (χ0v) is 13.8. The Hall–Kier alpha value is -3.47. The fraction of sp³-hybridized carbons (Fsp3) is 0.0476. The highest BCUT2D eigenvalue weighted by Crippen LogP contribution is 2.30. The van der Waals surface area contributed by atoms with Crippen LogP contribution in [-0.4, -0.2) is 4.92 Å². The number of nitrogens with zero attached hydrogens (tertiary/aromatic N) is 1. The summed E-state index contributed by atoms with van der Waals surface area (Å²) in [6, 6.07) is 21.0. The van der Waals surface area contributed by atoms with Gasteiger partial charge in [0.1, 0.15) is 18.2 Å². The standard InChI is InChI=1S/C21H16FNO3/c22-19-8-4-7-18(13-19)21-14-20(10-9-17(21)11-12-23(24)25)26-15-16-5-2-1-3-6-16/h1-14H,15H2. The number of halogens is 1. The van der Waals surface area contributed by atoms with Crippen molar-refractivity contribution in [2.75, 3.05) is 0 Å². The molecule has 0 aliphatic heterocycles. The molecule has 0 spiro atoms. The summed E-state index contributed by atoms with van der Waals surface area (Å²) in [5.74, 6) is 0.230. The van der Waals surface area contributed by atoms with E-state index < -0.39 is 4.92 Å². The van der Waals surface area contributed by atoms with E-state index in [2.05, 4.69) is 0 Å². The minimum Gasteiger partial charge on any atom is -0.489 e. The molecule has 0 aliphatic carbocycles. The predicted octanol–water partition coefficient (Wildman–Crippen LogP) is 5.32. The van der Waals surface area contributed by atoms with E-state index in [-0.39, 0.29) is 5.82 Å². The zero-order valence-electron chi connectivity index (χ0n) is 13.8. The van der Waals surface area contributed by atoms with Gasteiger partial charge < -0.3 is 4.74 Å². The van der Waals surface area contributed by atoms with E-state index in [9.17, 15) is 14.5 Å². The van der Waals surface area contributed by atoms with Gasteiger partial charge >= 0.3 is 0 Å². The maximum absolute atomic E-state index is 13.6. The van der Waals surface area contributed by atoms with Crippen LogP contribution in [0.5, 0.6) is 5.75 Å². The van der Waals surface area contributed by atoms with Crippen LogP contribution < -0.4 is 4.74 Å². The summed E-state index contributed by atoms with van der Waals surface area (Å²) >= 11 is 0. The lowest BCUT2D eigenvalue weighted by Gasteiger charge is -2.11. The average molecular weight is 349 g/mol. The van der Waals surface area contributed by atoms with Crippen LogP contribution in [0.25, 0.3) is 17.2 Å². The zero-order chi connectivity index (χ0) is 18.4. The van der Waals surface area contributed by atoms with Crippen molar-refractivity contribution in [1.29, 1.82) is 0 Å². The summed E-state index contributed by atoms with van der Waals surface area (Å²) < 4.78 is 19.4. The van der Waals surface area contributed by atoms with Crippen LogP contribution in [0.1, 0.15) is 11.1 Å². The number of nitro groups is 1. The lowest BCUT2D eigenvalue weighted by Crippen LogP contribution is -1.96. The highest BCUT2D eigenvalue weighted by Gasteiger charge is 2.08. The molecule has 0 N–H and O–H groups in total. The first kappa shape index (κ1) is 17.4. The molecule has 26 heavy (non-hydrogen) atoms. The van der Waals surface area contributed by atoms with Gasteiger partial charge in [-0.25, -0.2) is 4.39 Å². The van der Waals surface area contributed by atoms with Gasteiger partial charge in [-0.2, -0.15) is 0 Å². The quantitative estimate of drug-likeness (QED) is 0.447. The first-order valence-electron chi connectivity index (χ1n) is 8.00. The van der Waals surface area contributed by atoms with Crippen LogP contribution >= 0.6 is 0 Å². The van der Waals surface area contributed by atoms with Gasteiger partial charge in [-0.15, -0.1) is 0 Å². The summed E-state index contributed by atoms with van der Waals surface area (Å²) in [4.78, 5) is 10.1. The minimum atomic E-state index is -0.533. The highest BCUT2D eigenvalue weighted by molar-refractivity contribution is 5.76. The molecule has 0 saturated carbocycles. The summed E-state index contributed by atoms with van der Waals surface area (Å²) in [5.41, 5.74) is 2.92. The molecule has 130 valence electrons. The fourth-order valence-corrected chi connectivity index (χ4v) is 2.56. The van der Waals surface area contributed by atoms with Crippen molar-refractivity contribution in [2.24, 2.45) is 0 Å². The van der Waals surface area contributed by atoms with Gasteiger partial charge in [-0.3, -0.25) is 10.1 Å². The lowest BCUT2D eigenvalue weighted by molar-refractivity contribution is -0.400. The second-order valence-corrected chi connectivity index (χ2v) is 5.63. The molecule has 0 saturated heterocycles. The third kappa shape index (κ3) is 4.54. The van der Waals surface area contributed by atoms with Crippen molar-refractivity contribution in [3.63, 3.8) is 0 Å². The number of hydrogen-bond acceptors (Lipinski definition) is 3. The molecule has 4 nitrogen and oxygen atoms in total. The Bertz CT molecular complexity index is 939. The Kier molecular flexibility index (Phi) is 5.39. The Balaban J connectivity index is 1.93. The van der Waals surface area contributed by atoms with E-state index in [1.54, 1.807) is 30.3 Å². The monoisotopic (exact) mass is 349 g/mol. The van der Waals surface area contributed by atoms with E-state index in [1.807, 2.05) is 30.3 Å². The van der Waals surface area contributed by atoms with Crippen LogP contribution in [-0.2, 0) is 6.61 Å². The SMILES string of the molecule is O=[N+]([O-])C=Cc1ccc(OCc2ccccc2)cc1-c1cccc(F)c1. The van der Waals surface area contributed by atoms with Crippen molar-refractivity contribution in [3.8, 4) is 16.9 Å². The molecule has 0 amide bonds. The Morgan fingerprint density at radius 3 is 2.54 bits per heavy atom. The lowest BCUT2D eigenvalue weighted by atomic mass is 9.99. The fourth-order valence-electron chi connectivity index (χ4n) is 2.56. The molecule has 3 rings (SSSR count). The molecule has 5 heteroatoms. The van der Waals surface area contributed by atoms with Gasteiger partial charge in [-0.1, -0.05) is 48.5 Å². The molecule has 3 aromatic carbocycles. The van der Waals surface area contributed by atoms with E-state index >= 15 is 0 Å². The molecule has 0 fully saturated rings. The van der Waals surface area contributed by atoms with Crippen molar-refractivity contribution in [1.82, 2.24) is 0 Å². The second kappa shape index (κ2) is 8.07. The van der Waals surface area contributed by atoms with Crippen LogP contribution in [0.4, 0.5) is 4.39 Å². The number of hydrogen-bond donors (Lipinski definition) is 0. The van der Waals surface area contributed by atoms with Crippen LogP contribution in [0.2, 0.25) is 0 Å². The molecule has 0 aliphatic rings. The van der Waals surface area contributed by atoms with Crippen LogP contribution in [0, 0.1) is 15.9 Å². The maximum Gasteiger partial charge on any atom is 0.235 e. The van der Waals surface area contributed by atoms with E-state index in [0.29, 0.717) is 29.0 Å². The molecule has 0 atom stereocenters. The molecule has 0 radical (unpaired) electrons. The normalized spacial score (nSPS) is 10.8. The third-order valence-electron chi connectivity index (χ3n) is 3.78. The van der Waals surface area contributed by atoms with Crippen molar-refractivity contribution < 1.29 is 14.1 Å². The second-order valence-electron chi connectivity index (χ2n) is 5.63. The largest absolute Gasteiger partial charge is 0.489 e.